The van der Waals surface area contributed by atoms with Crippen LogP contribution in [-0.2, 0) is 0 Å². The molecule has 1 nitrogen and oxygen atoms in total. The summed E-state index contributed by atoms with van der Waals surface area (Å²) in [4.78, 5) is 0. The number of aryl methyl sites for hydroxylation is 1. The van der Waals surface area contributed by atoms with Crippen LogP contribution in [-0.4, -0.2) is 5.11 Å². The molecule has 0 aliphatic carbocycles. The summed E-state index contributed by atoms with van der Waals surface area (Å²) in [6.07, 6.45) is -1.73. The predicted molar refractivity (Wildman–Crippen MR) is 79.1 cm³/mol. The zero-order valence-electron chi connectivity index (χ0n) is 11.4. The number of rotatable bonds is 3. The van der Waals surface area contributed by atoms with Gasteiger partial charge in [0.05, 0.1) is 0 Å². The third kappa shape index (κ3) is 2.80. The maximum Gasteiger partial charge on any atom is 0.166 e. The van der Waals surface area contributed by atoms with E-state index in [0.29, 0.717) is 0 Å². The van der Waals surface area contributed by atoms with Crippen molar-refractivity contribution in [3.8, 4) is 0 Å². The summed E-state index contributed by atoms with van der Waals surface area (Å²) < 4.78 is 54.8. The average Bonchev–Trinajstić information content (AvgIpc) is 2.48. The minimum absolute atomic E-state index is 0.0849. The second kappa shape index (κ2) is 6.22. The highest BCUT2D eigenvalue weighted by Crippen LogP contribution is 2.36. The molecule has 0 aromatic heterocycles. The first-order chi connectivity index (χ1) is 10.3. The predicted octanol–water partition coefficient (Wildman–Crippen LogP) is 5.06. The average molecular weight is 375 g/mol. The van der Waals surface area contributed by atoms with Crippen LogP contribution in [0, 0.1) is 30.2 Å². The SMILES string of the molecule is C=C(c1ccc(C)c(F)c1F)C(O)c1c(Br)ccc(F)c1F. The molecule has 22 heavy (non-hydrogen) atoms. The van der Waals surface area contributed by atoms with Crippen molar-refractivity contribution in [3.05, 3.63) is 75.3 Å². The first kappa shape index (κ1) is 16.7. The molecule has 0 heterocycles. The molecule has 0 fully saturated rings. The van der Waals surface area contributed by atoms with E-state index in [0.717, 1.165) is 6.07 Å². The lowest BCUT2D eigenvalue weighted by Crippen LogP contribution is -2.08. The molecule has 0 amide bonds. The van der Waals surface area contributed by atoms with Crippen LogP contribution in [0.15, 0.2) is 35.3 Å². The number of halogens is 5. The van der Waals surface area contributed by atoms with E-state index in [4.69, 9.17) is 0 Å². The van der Waals surface area contributed by atoms with Crippen molar-refractivity contribution < 1.29 is 22.7 Å². The lowest BCUT2D eigenvalue weighted by Gasteiger charge is -2.18. The molecular formula is C16H11BrF4O. The lowest BCUT2D eigenvalue weighted by atomic mass is 9.95. The highest BCUT2D eigenvalue weighted by Gasteiger charge is 2.25. The van der Waals surface area contributed by atoms with Crippen LogP contribution in [0.25, 0.3) is 5.57 Å². The van der Waals surface area contributed by atoms with Gasteiger partial charge in [-0.2, -0.15) is 0 Å². The van der Waals surface area contributed by atoms with Gasteiger partial charge in [0.15, 0.2) is 23.3 Å². The molecule has 1 unspecified atom stereocenters. The molecule has 6 heteroatoms. The Kier molecular flexibility index (Phi) is 4.72. The molecule has 2 aromatic rings. The van der Waals surface area contributed by atoms with E-state index in [-0.39, 0.29) is 21.2 Å². The molecule has 0 radical (unpaired) electrons. The minimum atomic E-state index is -1.73. The maximum absolute atomic E-state index is 13.9. The van der Waals surface area contributed by atoms with E-state index in [9.17, 15) is 22.7 Å². The Balaban J connectivity index is 2.51. The first-order valence-electron chi connectivity index (χ1n) is 6.21. The van der Waals surface area contributed by atoms with E-state index in [1.807, 2.05) is 0 Å². The highest BCUT2D eigenvalue weighted by molar-refractivity contribution is 9.10. The number of benzene rings is 2. The molecule has 1 atom stereocenters. The molecule has 1 N–H and O–H groups in total. The Morgan fingerprint density at radius 2 is 1.68 bits per heavy atom. The van der Waals surface area contributed by atoms with Gasteiger partial charge in [0.25, 0.3) is 0 Å². The third-order valence-corrected chi connectivity index (χ3v) is 4.00. The summed E-state index contributed by atoms with van der Waals surface area (Å²) in [7, 11) is 0. The van der Waals surface area contributed by atoms with Crippen LogP contribution in [0.3, 0.4) is 0 Å². The number of hydrogen-bond donors (Lipinski definition) is 1. The molecule has 0 saturated heterocycles. The fourth-order valence-corrected chi connectivity index (χ4v) is 2.53. The van der Waals surface area contributed by atoms with Crippen LogP contribution >= 0.6 is 15.9 Å². The largest absolute Gasteiger partial charge is 0.384 e. The Hall–Kier alpha value is -1.66. The highest BCUT2D eigenvalue weighted by atomic mass is 79.9. The second-order valence-corrected chi connectivity index (χ2v) is 5.60. The van der Waals surface area contributed by atoms with Crippen LogP contribution in [0.5, 0.6) is 0 Å². The van der Waals surface area contributed by atoms with Gasteiger partial charge in [0.2, 0.25) is 0 Å². The van der Waals surface area contributed by atoms with Crippen molar-refractivity contribution in [3.63, 3.8) is 0 Å². The first-order valence-corrected chi connectivity index (χ1v) is 7.00. The Morgan fingerprint density at radius 1 is 1.05 bits per heavy atom. The van der Waals surface area contributed by atoms with Crippen molar-refractivity contribution in [2.75, 3.05) is 0 Å². The molecule has 2 aromatic carbocycles. The summed E-state index contributed by atoms with van der Waals surface area (Å²) in [5.74, 6) is -4.72. The van der Waals surface area contributed by atoms with Crippen molar-refractivity contribution in [1.29, 1.82) is 0 Å². The topological polar surface area (TPSA) is 20.2 Å². The fourth-order valence-electron chi connectivity index (χ4n) is 2.01. The van der Waals surface area contributed by atoms with E-state index in [1.165, 1.54) is 25.1 Å². The molecular weight excluding hydrogens is 364 g/mol. The molecule has 0 aliphatic rings. The van der Waals surface area contributed by atoms with Crippen LogP contribution in [0.1, 0.15) is 22.8 Å². The van der Waals surface area contributed by atoms with Crippen LogP contribution < -0.4 is 0 Å². The van der Waals surface area contributed by atoms with Crippen molar-refractivity contribution in [2.45, 2.75) is 13.0 Å². The molecule has 0 aliphatic heterocycles. The Morgan fingerprint density at radius 3 is 2.32 bits per heavy atom. The van der Waals surface area contributed by atoms with Gasteiger partial charge in [-0.3, -0.25) is 0 Å². The normalized spacial score (nSPS) is 12.3. The molecule has 0 saturated carbocycles. The Labute approximate surface area is 133 Å². The van der Waals surface area contributed by atoms with E-state index in [1.54, 1.807) is 0 Å². The van der Waals surface area contributed by atoms with Gasteiger partial charge < -0.3 is 5.11 Å². The van der Waals surface area contributed by atoms with Gasteiger partial charge in [0.1, 0.15) is 6.10 Å². The molecule has 116 valence electrons. The third-order valence-electron chi connectivity index (χ3n) is 3.30. The van der Waals surface area contributed by atoms with Crippen molar-refractivity contribution in [1.82, 2.24) is 0 Å². The Bertz CT molecular complexity index is 758. The van der Waals surface area contributed by atoms with Gasteiger partial charge in [-0.05, 0) is 30.2 Å². The smallest absolute Gasteiger partial charge is 0.166 e. The zero-order valence-corrected chi connectivity index (χ0v) is 13.0. The monoisotopic (exact) mass is 374 g/mol. The number of hydrogen-bond acceptors (Lipinski definition) is 1. The van der Waals surface area contributed by atoms with Crippen LogP contribution in [0.4, 0.5) is 17.6 Å². The summed E-state index contributed by atoms with van der Waals surface area (Å²) in [6, 6.07) is 4.62. The fraction of sp³-hybridized carbons (Fsp3) is 0.125. The van der Waals surface area contributed by atoms with Gasteiger partial charge >= 0.3 is 0 Å². The zero-order chi connectivity index (χ0) is 16.6. The maximum atomic E-state index is 13.9. The molecule has 2 rings (SSSR count). The second-order valence-electron chi connectivity index (χ2n) is 4.74. The quantitative estimate of drug-likeness (QED) is 0.587. The van der Waals surface area contributed by atoms with E-state index < -0.39 is 34.9 Å². The molecule has 0 spiro atoms. The number of aliphatic hydroxyl groups excluding tert-OH is 1. The van der Waals surface area contributed by atoms with Gasteiger partial charge in [-0.1, -0.05) is 34.6 Å². The van der Waals surface area contributed by atoms with E-state index >= 15 is 0 Å². The van der Waals surface area contributed by atoms with Gasteiger partial charge in [-0.15, -0.1) is 0 Å². The summed E-state index contributed by atoms with van der Waals surface area (Å²) >= 11 is 2.99. The summed E-state index contributed by atoms with van der Waals surface area (Å²) in [5.41, 5.74) is -0.917. The number of aliphatic hydroxyl groups is 1. The van der Waals surface area contributed by atoms with Crippen molar-refractivity contribution in [2.24, 2.45) is 0 Å². The van der Waals surface area contributed by atoms with Crippen LogP contribution in [0.2, 0.25) is 0 Å². The van der Waals surface area contributed by atoms with Gasteiger partial charge in [0, 0.05) is 15.6 Å². The lowest BCUT2D eigenvalue weighted by molar-refractivity contribution is 0.229. The van der Waals surface area contributed by atoms with Gasteiger partial charge in [-0.25, -0.2) is 17.6 Å². The summed E-state index contributed by atoms with van der Waals surface area (Å²) in [5, 5.41) is 10.2. The van der Waals surface area contributed by atoms with E-state index in [2.05, 4.69) is 22.5 Å². The summed E-state index contributed by atoms with van der Waals surface area (Å²) in [6.45, 7) is 4.86. The minimum Gasteiger partial charge on any atom is -0.384 e. The standard InChI is InChI=1S/C16H11BrF4O/c1-7-3-4-9(14(20)13(7)19)8(2)16(22)12-10(17)5-6-11(18)15(12)21/h3-6,16,22H,2H2,1H3. The molecule has 0 bridgehead atoms. The van der Waals surface area contributed by atoms with Crippen molar-refractivity contribution >= 4 is 21.5 Å².